The fourth-order valence-corrected chi connectivity index (χ4v) is 4.88. The lowest BCUT2D eigenvalue weighted by Gasteiger charge is -2.21. The fraction of sp³-hybridized carbons (Fsp3) is 0.333. The highest BCUT2D eigenvalue weighted by molar-refractivity contribution is 8.14. The molecule has 166 valence electrons. The number of amidine groups is 1. The summed E-state index contributed by atoms with van der Waals surface area (Å²) in [5.74, 6) is -0.275. The number of benzene rings is 2. The number of carbonyl (C=O) groups excluding carboxylic acids is 1. The minimum absolute atomic E-state index is 0.120. The number of rotatable bonds is 6. The number of hydrogen-bond donors (Lipinski definition) is 0. The van der Waals surface area contributed by atoms with E-state index in [1.165, 1.54) is 67.2 Å². The first-order valence-electron chi connectivity index (χ1n) is 9.59. The quantitative estimate of drug-likeness (QED) is 0.653. The summed E-state index contributed by atoms with van der Waals surface area (Å²) >= 11 is 1.43. The molecule has 0 bridgehead atoms. The zero-order valence-corrected chi connectivity index (χ0v) is 19.3. The first-order chi connectivity index (χ1) is 14.6. The van der Waals surface area contributed by atoms with Crippen LogP contribution in [0, 0.1) is 5.82 Å². The summed E-state index contributed by atoms with van der Waals surface area (Å²) in [7, 11) is -0.668. The van der Waals surface area contributed by atoms with Crippen LogP contribution in [0.2, 0.25) is 0 Å². The summed E-state index contributed by atoms with van der Waals surface area (Å²) in [6, 6.07) is 11.7. The van der Waals surface area contributed by atoms with E-state index in [0.29, 0.717) is 23.1 Å². The Labute approximate surface area is 186 Å². The van der Waals surface area contributed by atoms with E-state index in [-0.39, 0.29) is 21.9 Å². The number of sulfonamides is 1. The largest absolute Gasteiger partial charge is 0.481 e. The summed E-state index contributed by atoms with van der Waals surface area (Å²) in [4.78, 5) is 19.2. The minimum atomic E-state index is -3.59. The number of nitrogens with zero attached hydrogens (tertiary/aromatic N) is 3. The standard InChI is InChI=1S/C21H24FN3O4S2/c1-14-13-25(20(26)15(2)29-18-10-8-16(22)9-11-18)21(30-14)23-17-6-5-7-19(12-17)31(27,28)24(3)4/h5-12,14-15H,13H2,1-4H3. The van der Waals surface area contributed by atoms with Crippen molar-refractivity contribution in [2.45, 2.75) is 30.1 Å². The van der Waals surface area contributed by atoms with Crippen LogP contribution >= 0.6 is 11.8 Å². The van der Waals surface area contributed by atoms with Gasteiger partial charge in [0.1, 0.15) is 11.6 Å². The lowest BCUT2D eigenvalue weighted by atomic mass is 10.3. The molecule has 1 fully saturated rings. The number of aliphatic imine (C=N–C) groups is 1. The van der Waals surface area contributed by atoms with Gasteiger partial charge in [-0.3, -0.25) is 9.69 Å². The number of amides is 1. The molecule has 3 rings (SSSR count). The van der Waals surface area contributed by atoms with E-state index in [1.54, 1.807) is 19.1 Å². The second-order valence-corrected chi connectivity index (χ2v) is 10.8. The zero-order valence-electron chi connectivity index (χ0n) is 17.6. The van der Waals surface area contributed by atoms with Gasteiger partial charge in [-0.1, -0.05) is 24.8 Å². The molecule has 1 amide bonds. The highest BCUT2D eigenvalue weighted by Gasteiger charge is 2.34. The van der Waals surface area contributed by atoms with Crippen molar-refractivity contribution in [3.05, 3.63) is 54.3 Å². The molecule has 1 heterocycles. The van der Waals surface area contributed by atoms with Crippen LogP contribution in [-0.2, 0) is 14.8 Å². The second-order valence-electron chi connectivity index (χ2n) is 7.27. The van der Waals surface area contributed by atoms with Crippen LogP contribution in [0.1, 0.15) is 13.8 Å². The van der Waals surface area contributed by atoms with Gasteiger partial charge in [-0.25, -0.2) is 22.1 Å². The Kier molecular flexibility index (Phi) is 7.03. The maximum atomic E-state index is 13.1. The molecule has 0 aliphatic carbocycles. The summed E-state index contributed by atoms with van der Waals surface area (Å²) in [5, 5.41) is 0.598. The Hall–Kier alpha value is -2.43. The van der Waals surface area contributed by atoms with Crippen LogP contribution < -0.4 is 4.74 Å². The number of thioether (sulfide) groups is 1. The molecule has 2 unspecified atom stereocenters. The SMILES string of the molecule is CC1CN(C(=O)C(C)Oc2ccc(F)cc2)C(=Nc2cccc(S(=O)(=O)N(C)C)c2)S1. The van der Waals surface area contributed by atoms with E-state index in [0.717, 1.165) is 4.31 Å². The highest BCUT2D eigenvalue weighted by atomic mass is 32.2. The summed E-state index contributed by atoms with van der Waals surface area (Å²) < 4.78 is 44.7. The Balaban J connectivity index is 1.83. The van der Waals surface area contributed by atoms with Crippen LogP contribution in [0.5, 0.6) is 5.75 Å². The molecule has 1 aliphatic heterocycles. The Bertz CT molecular complexity index is 1090. The molecule has 1 aliphatic rings. The van der Waals surface area contributed by atoms with Crippen LogP contribution in [-0.4, -0.2) is 60.7 Å². The average Bonchev–Trinajstić information content (AvgIpc) is 3.09. The van der Waals surface area contributed by atoms with E-state index < -0.39 is 16.1 Å². The van der Waals surface area contributed by atoms with Crippen LogP contribution in [0.25, 0.3) is 0 Å². The van der Waals surface area contributed by atoms with Gasteiger partial charge in [-0.2, -0.15) is 0 Å². The maximum Gasteiger partial charge on any atom is 0.269 e. The van der Waals surface area contributed by atoms with Gasteiger partial charge in [0.15, 0.2) is 11.3 Å². The van der Waals surface area contributed by atoms with Crippen molar-refractivity contribution in [1.29, 1.82) is 0 Å². The molecule has 2 atom stereocenters. The van der Waals surface area contributed by atoms with Crippen molar-refractivity contribution in [2.75, 3.05) is 20.6 Å². The molecule has 0 radical (unpaired) electrons. The first-order valence-corrected chi connectivity index (χ1v) is 11.9. The third-order valence-electron chi connectivity index (χ3n) is 4.54. The minimum Gasteiger partial charge on any atom is -0.481 e. The third-order valence-corrected chi connectivity index (χ3v) is 7.42. The molecule has 31 heavy (non-hydrogen) atoms. The van der Waals surface area contributed by atoms with Crippen molar-refractivity contribution >= 4 is 38.5 Å². The molecule has 10 heteroatoms. The van der Waals surface area contributed by atoms with E-state index >= 15 is 0 Å². The molecule has 7 nitrogen and oxygen atoms in total. The predicted octanol–water partition coefficient (Wildman–Crippen LogP) is 3.49. The van der Waals surface area contributed by atoms with Gasteiger partial charge in [0.05, 0.1) is 10.6 Å². The molecule has 2 aromatic carbocycles. The van der Waals surface area contributed by atoms with Gasteiger partial charge in [0, 0.05) is 25.9 Å². The number of hydrogen-bond acceptors (Lipinski definition) is 6. The highest BCUT2D eigenvalue weighted by Crippen LogP contribution is 2.30. The van der Waals surface area contributed by atoms with Gasteiger partial charge in [-0.05, 0) is 49.4 Å². The topological polar surface area (TPSA) is 79.3 Å². The number of ether oxygens (including phenoxy) is 1. The molecular weight excluding hydrogens is 441 g/mol. The maximum absolute atomic E-state index is 13.1. The van der Waals surface area contributed by atoms with Gasteiger partial charge >= 0.3 is 0 Å². The number of carbonyl (C=O) groups is 1. The summed E-state index contributed by atoms with van der Waals surface area (Å²) in [6.07, 6.45) is -0.804. The molecule has 0 spiro atoms. The Morgan fingerprint density at radius 1 is 1.26 bits per heavy atom. The van der Waals surface area contributed by atoms with Crippen molar-refractivity contribution in [3.8, 4) is 5.75 Å². The molecule has 0 N–H and O–H groups in total. The van der Waals surface area contributed by atoms with E-state index in [2.05, 4.69) is 4.99 Å². The van der Waals surface area contributed by atoms with Crippen LogP contribution in [0.15, 0.2) is 58.4 Å². The van der Waals surface area contributed by atoms with Gasteiger partial charge in [0.25, 0.3) is 5.91 Å². The Morgan fingerprint density at radius 3 is 2.58 bits per heavy atom. The lowest BCUT2D eigenvalue weighted by Crippen LogP contribution is -2.41. The Morgan fingerprint density at radius 2 is 1.94 bits per heavy atom. The van der Waals surface area contributed by atoms with E-state index in [9.17, 15) is 17.6 Å². The molecule has 2 aromatic rings. The second kappa shape index (κ2) is 9.37. The van der Waals surface area contributed by atoms with E-state index in [4.69, 9.17) is 4.74 Å². The van der Waals surface area contributed by atoms with Crippen LogP contribution in [0.4, 0.5) is 10.1 Å². The van der Waals surface area contributed by atoms with Gasteiger partial charge < -0.3 is 4.74 Å². The summed E-state index contributed by atoms with van der Waals surface area (Å²) in [6.45, 7) is 4.06. The fourth-order valence-electron chi connectivity index (χ4n) is 2.91. The summed E-state index contributed by atoms with van der Waals surface area (Å²) in [5.41, 5.74) is 0.435. The molecule has 0 aromatic heterocycles. The zero-order chi connectivity index (χ0) is 22.8. The van der Waals surface area contributed by atoms with Crippen molar-refractivity contribution in [2.24, 2.45) is 4.99 Å². The lowest BCUT2D eigenvalue weighted by molar-refractivity contribution is -0.133. The van der Waals surface area contributed by atoms with Crippen molar-refractivity contribution < 1.29 is 22.3 Å². The van der Waals surface area contributed by atoms with Crippen molar-refractivity contribution in [3.63, 3.8) is 0 Å². The smallest absolute Gasteiger partial charge is 0.269 e. The monoisotopic (exact) mass is 465 g/mol. The third kappa shape index (κ3) is 5.44. The van der Waals surface area contributed by atoms with E-state index in [1.807, 2.05) is 6.92 Å². The van der Waals surface area contributed by atoms with Gasteiger partial charge in [-0.15, -0.1) is 0 Å². The molecule has 0 saturated carbocycles. The molecule has 1 saturated heterocycles. The van der Waals surface area contributed by atoms with Crippen molar-refractivity contribution in [1.82, 2.24) is 9.21 Å². The molecular formula is C21H24FN3O4S2. The predicted molar refractivity (Wildman–Crippen MR) is 120 cm³/mol. The van der Waals surface area contributed by atoms with Gasteiger partial charge in [0.2, 0.25) is 10.0 Å². The first kappa shape index (κ1) is 23.2. The van der Waals surface area contributed by atoms with Crippen LogP contribution in [0.3, 0.4) is 0 Å². The average molecular weight is 466 g/mol. The normalized spacial score (nSPS) is 19.1. The number of halogens is 1.